The molecule has 2 rings (SSSR count). The highest BCUT2D eigenvalue weighted by atomic mass is 16.5. The second-order valence-corrected chi connectivity index (χ2v) is 4.53. The van der Waals surface area contributed by atoms with Crippen LogP contribution < -0.4 is 5.32 Å². The monoisotopic (exact) mass is 272 g/mol. The first-order valence-corrected chi connectivity index (χ1v) is 6.28. The van der Waals surface area contributed by atoms with Crippen molar-refractivity contribution >= 4 is 22.8 Å². The van der Waals surface area contributed by atoms with E-state index in [9.17, 15) is 9.59 Å². The molecule has 0 bridgehead atoms. The zero-order valence-corrected chi connectivity index (χ0v) is 11.5. The molecule has 0 aliphatic heterocycles. The molecule has 0 saturated carbocycles. The molecule has 0 aliphatic carbocycles. The summed E-state index contributed by atoms with van der Waals surface area (Å²) in [7, 11) is 1.28. The molecule has 1 heterocycles. The van der Waals surface area contributed by atoms with Crippen molar-refractivity contribution in [2.24, 2.45) is 0 Å². The molecule has 0 radical (unpaired) electrons. The van der Waals surface area contributed by atoms with E-state index in [1.54, 1.807) is 0 Å². The molecule has 104 valence electrons. The number of pyridine rings is 1. The highest BCUT2D eigenvalue weighted by Gasteiger charge is 2.08. The average molecular weight is 272 g/mol. The minimum Gasteiger partial charge on any atom is -0.468 e. The fourth-order valence-electron chi connectivity index (χ4n) is 1.86. The molecule has 5 nitrogen and oxygen atoms in total. The number of hydrogen-bond donors (Lipinski definition) is 1. The largest absolute Gasteiger partial charge is 0.468 e. The van der Waals surface area contributed by atoms with Crippen LogP contribution in [0.2, 0.25) is 0 Å². The van der Waals surface area contributed by atoms with E-state index in [2.05, 4.69) is 15.0 Å². The summed E-state index contributed by atoms with van der Waals surface area (Å²) in [6.07, 6.45) is 0.140. The summed E-state index contributed by atoms with van der Waals surface area (Å²) in [4.78, 5) is 27.0. The van der Waals surface area contributed by atoms with Crippen LogP contribution in [0.5, 0.6) is 0 Å². The maximum absolute atomic E-state index is 11.7. The number of nitrogens with zero attached hydrogens (tertiary/aromatic N) is 1. The zero-order valence-electron chi connectivity index (χ0n) is 11.5. The number of esters is 1. The Morgan fingerprint density at radius 2 is 2.05 bits per heavy atom. The number of ether oxygens (including phenoxy) is 1. The Hall–Kier alpha value is -2.43. The lowest BCUT2D eigenvalue weighted by Crippen LogP contribution is -2.31. The van der Waals surface area contributed by atoms with Crippen LogP contribution in [-0.2, 0) is 20.7 Å². The maximum atomic E-state index is 11.7. The van der Waals surface area contributed by atoms with Gasteiger partial charge in [0.25, 0.3) is 0 Å². The van der Waals surface area contributed by atoms with Crippen LogP contribution in [0.3, 0.4) is 0 Å². The fourth-order valence-corrected chi connectivity index (χ4v) is 1.86. The number of amides is 1. The van der Waals surface area contributed by atoms with Crippen LogP contribution in [-0.4, -0.2) is 30.5 Å². The van der Waals surface area contributed by atoms with E-state index < -0.39 is 5.97 Å². The van der Waals surface area contributed by atoms with Gasteiger partial charge in [-0.05, 0) is 25.1 Å². The molecule has 0 spiro atoms. The quantitative estimate of drug-likeness (QED) is 0.854. The highest BCUT2D eigenvalue weighted by molar-refractivity contribution is 5.84. The summed E-state index contributed by atoms with van der Waals surface area (Å²) in [5.74, 6) is -0.727. The lowest BCUT2D eigenvalue weighted by molar-refractivity contribution is -0.141. The van der Waals surface area contributed by atoms with E-state index >= 15 is 0 Å². The number of carbonyl (C=O) groups is 2. The Bertz CT molecular complexity index is 653. The van der Waals surface area contributed by atoms with Crippen LogP contribution in [0.1, 0.15) is 11.3 Å². The molecule has 2 aromatic rings. The molecule has 0 saturated heterocycles. The van der Waals surface area contributed by atoms with Crippen molar-refractivity contribution in [3.63, 3.8) is 0 Å². The van der Waals surface area contributed by atoms with Crippen molar-refractivity contribution < 1.29 is 14.3 Å². The van der Waals surface area contributed by atoms with Crippen LogP contribution >= 0.6 is 0 Å². The number of fused-ring (bicyclic) bond motifs is 1. The molecule has 1 amide bonds. The molecule has 0 aliphatic rings. The highest BCUT2D eigenvalue weighted by Crippen LogP contribution is 2.14. The van der Waals surface area contributed by atoms with Gasteiger partial charge in [-0.3, -0.25) is 14.6 Å². The van der Waals surface area contributed by atoms with Gasteiger partial charge in [-0.2, -0.15) is 0 Å². The van der Waals surface area contributed by atoms with Gasteiger partial charge < -0.3 is 10.1 Å². The van der Waals surface area contributed by atoms with E-state index in [4.69, 9.17) is 0 Å². The number of aryl methyl sites for hydroxylation is 1. The van der Waals surface area contributed by atoms with Gasteiger partial charge in [0.15, 0.2) is 0 Å². The predicted molar refractivity (Wildman–Crippen MR) is 75.2 cm³/mol. The van der Waals surface area contributed by atoms with E-state index in [1.807, 2.05) is 37.3 Å². The summed E-state index contributed by atoms with van der Waals surface area (Å²) in [5, 5.41) is 3.53. The molecule has 1 aromatic carbocycles. The van der Waals surface area contributed by atoms with Crippen molar-refractivity contribution in [3.05, 3.63) is 41.6 Å². The van der Waals surface area contributed by atoms with Crippen molar-refractivity contribution in [2.75, 3.05) is 13.7 Å². The van der Waals surface area contributed by atoms with E-state index in [-0.39, 0.29) is 18.9 Å². The normalized spacial score (nSPS) is 10.3. The Morgan fingerprint density at radius 3 is 2.80 bits per heavy atom. The number of carbonyl (C=O) groups excluding carboxylic acids is 2. The second kappa shape index (κ2) is 6.14. The average Bonchev–Trinajstić information content (AvgIpc) is 2.45. The first-order chi connectivity index (χ1) is 9.58. The zero-order chi connectivity index (χ0) is 14.5. The Balaban J connectivity index is 2.04. The first-order valence-electron chi connectivity index (χ1n) is 6.28. The summed E-state index contributed by atoms with van der Waals surface area (Å²) < 4.78 is 4.45. The van der Waals surface area contributed by atoms with Gasteiger partial charge in [0.05, 0.1) is 24.7 Å². The van der Waals surface area contributed by atoms with Crippen LogP contribution in [0, 0.1) is 6.92 Å². The van der Waals surface area contributed by atoms with Crippen LogP contribution in [0.25, 0.3) is 10.9 Å². The standard InChI is InChI=1S/C15H16N2O3/c1-10-3-6-13-11(7-10)4-5-12(17-13)8-14(18)16-9-15(19)20-2/h3-7H,8-9H2,1-2H3,(H,16,18). The molecular weight excluding hydrogens is 256 g/mol. The van der Waals surface area contributed by atoms with E-state index in [0.717, 1.165) is 10.9 Å². The number of methoxy groups -OCH3 is 1. The second-order valence-electron chi connectivity index (χ2n) is 4.53. The minimum atomic E-state index is -0.472. The smallest absolute Gasteiger partial charge is 0.325 e. The Kier molecular flexibility index (Phi) is 4.30. The number of aromatic nitrogens is 1. The molecular formula is C15H16N2O3. The summed E-state index contributed by atoms with van der Waals surface area (Å²) in [6, 6.07) is 9.72. The topological polar surface area (TPSA) is 68.3 Å². The number of rotatable bonds is 4. The van der Waals surface area contributed by atoms with Gasteiger partial charge in [-0.15, -0.1) is 0 Å². The summed E-state index contributed by atoms with van der Waals surface area (Å²) in [5.41, 5.74) is 2.69. The van der Waals surface area contributed by atoms with Gasteiger partial charge in [-0.1, -0.05) is 17.7 Å². The van der Waals surface area contributed by atoms with E-state index in [1.165, 1.54) is 12.7 Å². The van der Waals surface area contributed by atoms with Gasteiger partial charge in [0.1, 0.15) is 6.54 Å². The molecule has 20 heavy (non-hydrogen) atoms. The van der Waals surface area contributed by atoms with Crippen molar-refractivity contribution in [2.45, 2.75) is 13.3 Å². The molecule has 1 N–H and O–H groups in total. The lowest BCUT2D eigenvalue weighted by atomic mass is 10.1. The molecule has 0 atom stereocenters. The Labute approximate surface area is 117 Å². The van der Waals surface area contributed by atoms with Gasteiger partial charge >= 0.3 is 5.97 Å². The van der Waals surface area contributed by atoms with E-state index in [0.29, 0.717) is 5.69 Å². The van der Waals surface area contributed by atoms with Crippen molar-refractivity contribution in [3.8, 4) is 0 Å². The third kappa shape index (κ3) is 3.54. The maximum Gasteiger partial charge on any atom is 0.325 e. The number of nitrogens with one attached hydrogen (secondary N) is 1. The summed E-state index contributed by atoms with van der Waals surface area (Å²) in [6.45, 7) is 1.90. The first kappa shape index (κ1) is 14.0. The molecule has 1 aromatic heterocycles. The molecule has 0 unspecified atom stereocenters. The molecule has 5 heteroatoms. The van der Waals surface area contributed by atoms with Gasteiger partial charge in [0.2, 0.25) is 5.91 Å². The minimum absolute atomic E-state index is 0.123. The molecule has 0 fully saturated rings. The van der Waals surface area contributed by atoms with Crippen LogP contribution in [0.4, 0.5) is 0 Å². The SMILES string of the molecule is COC(=O)CNC(=O)Cc1ccc2cc(C)ccc2n1. The van der Waals surface area contributed by atoms with Gasteiger partial charge in [-0.25, -0.2) is 0 Å². The van der Waals surface area contributed by atoms with Crippen molar-refractivity contribution in [1.29, 1.82) is 0 Å². The third-order valence-corrected chi connectivity index (χ3v) is 2.90. The Morgan fingerprint density at radius 1 is 1.25 bits per heavy atom. The fraction of sp³-hybridized carbons (Fsp3) is 0.267. The third-order valence-electron chi connectivity index (χ3n) is 2.90. The van der Waals surface area contributed by atoms with Gasteiger partial charge in [0, 0.05) is 5.39 Å². The summed E-state index contributed by atoms with van der Waals surface area (Å²) >= 11 is 0. The lowest BCUT2D eigenvalue weighted by Gasteiger charge is -2.05. The van der Waals surface area contributed by atoms with Crippen molar-refractivity contribution in [1.82, 2.24) is 10.3 Å². The predicted octanol–water partition coefficient (Wildman–Crippen LogP) is 1.37. The number of benzene rings is 1. The van der Waals surface area contributed by atoms with Crippen LogP contribution in [0.15, 0.2) is 30.3 Å². The number of hydrogen-bond acceptors (Lipinski definition) is 4.